The van der Waals surface area contributed by atoms with Crippen LogP contribution in [0.2, 0.25) is 0 Å². The molecule has 0 bridgehead atoms. The van der Waals surface area contributed by atoms with Crippen LogP contribution in [0.3, 0.4) is 0 Å². The van der Waals surface area contributed by atoms with Gasteiger partial charge in [0.05, 0.1) is 14.2 Å². The summed E-state index contributed by atoms with van der Waals surface area (Å²) in [4.78, 5) is 23.2. The fraction of sp³-hybridized carbons (Fsp3) is 0.263. The summed E-state index contributed by atoms with van der Waals surface area (Å²) in [7, 11) is 2.80. The third-order valence-corrected chi connectivity index (χ3v) is 3.53. The lowest BCUT2D eigenvalue weighted by Crippen LogP contribution is -2.15. The molecular formula is C19H19FO6. The first kappa shape index (κ1) is 19.2. The van der Waals surface area contributed by atoms with Crippen LogP contribution in [0.4, 0.5) is 4.39 Å². The smallest absolute Gasteiger partial charge is 0.344 e. The number of ketones is 1. The first-order valence-electron chi connectivity index (χ1n) is 7.74. The minimum atomic E-state index is -0.626. The van der Waals surface area contributed by atoms with Gasteiger partial charge in [-0.2, -0.15) is 0 Å². The molecule has 0 aliphatic heterocycles. The molecule has 0 radical (unpaired) electrons. The van der Waals surface area contributed by atoms with Gasteiger partial charge in [-0.15, -0.1) is 0 Å². The van der Waals surface area contributed by atoms with E-state index in [1.54, 1.807) is 18.2 Å². The van der Waals surface area contributed by atoms with Gasteiger partial charge in [-0.05, 0) is 42.8 Å². The van der Waals surface area contributed by atoms with E-state index in [9.17, 15) is 14.0 Å². The van der Waals surface area contributed by atoms with Crippen LogP contribution in [0.5, 0.6) is 17.2 Å². The molecule has 2 aromatic carbocycles. The maximum atomic E-state index is 13.6. The van der Waals surface area contributed by atoms with Gasteiger partial charge >= 0.3 is 5.97 Å². The Morgan fingerprint density at radius 2 is 1.65 bits per heavy atom. The Hall–Kier alpha value is -3.09. The second-order valence-corrected chi connectivity index (χ2v) is 5.34. The number of hydrogen-bond acceptors (Lipinski definition) is 6. The third-order valence-electron chi connectivity index (χ3n) is 3.53. The maximum absolute atomic E-state index is 13.6. The van der Waals surface area contributed by atoms with E-state index in [4.69, 9.17) is 18.9 Å². The van der Waals surface area contributed by atoms with E-state index in [0.29, 0.717) is 22.6 Å². The van der Waals surface area contributed by atoms with Crippen LogP contribution in [0.1, 0.15) is 22.8 Å². The highest BCUT2D eigenvalue weighted by Crippen LogP contribution is 2.28. The monoisotopic (exact) mass is 362 g/mol. The van der Waals surface area contributed by atoms with Gasteiger partial charge in [-0.25, -0.2) is 9.18 Å². The summed E-state index contributed by atoms with van der Waals surface area (Å²) in [5.41, 5.74) is 0.957. The predicted molar refractivity (Wildman–Crippen MR) is 91.2 cm³/mol. The molecule has 0 saturated heterocycles. The number of carbonyl (C=O) groups is 2. The van der Waals surface area contributed by atoms with Gasteiger partial charge in [0.25, 0.3) is 0 Å². The van der Waals surface area contributed by atoms with Crippen LogP contribution in [-0.2, 0) is 16.1 Å². The van der Waals surface area contributed by atoms with E-state index in [0.717, 1.165) is 0 Å². The largest absolute Gasteiger partial charge is 0.494 e. The molecule has 2 rings (SSSR count). The van der Waals surface area contributed by atoms with E-state index in [-0.39, 0.29) is 24.7 Å². The molecule has 0 aromatic heterocycles. The lowest BCUT2D eigenvalue weighted by molar-refractivity contribution is -0.147. The molecule has 26 heavy (non-hydrogen) atoms. The third kappa shape index (κ3) is 4.95. The van der Waals surface area contributed by atoms with E-state index < -0.39 is 11.8 Å². The number of benzene rings is 2. The van der Waals surface area contributed by atoms with E-state index in [1.165, 1.54) is 39.3 Å². The average Bonchev–Trinajstić information content (AvgIpc) is 2.64. The minimum absolute atomic E-state index is 0.0937. The Kier molecular flexibility index (Phi) is 6.54. The number of ether oxygens (including phenoxy) is 4. The Balaban J connectivity index is 1.90. The zero-order chi connectivity index (χ0) is 19.1. The van der Waals surface area contributed by atoms with Crippen molar-refractivity contribution < 1.29 is 32.9 Å². The molecule has 0 amide bonds. The summed E-state index contributed by atoms with van der Waals surface area (Å²) in [6.07, 6.45) is 0. The molecule has 6 nitrogen and oxygen atoms in total. The van der Waals surface area contributed by atoms with Gasteiger partial charge in [-0.3, -0.25) is 4.79 Å². The van der Waals surface area contributed by atoms with Crippen LogP contribution in [0, 0.1) is 5.82 Å². The molecule has 0 heterocycles. The molecule has 0 aliphatic carbocycles. The second-order valence-electron chi connectivity index (χ2n) is 5.34. The molecule has 0 fully saturated rings. The van der Waals surface area contributed by atoms with Crippen molar-refractivity contribution in [2.75, 3.05) is 20.8 Å². The van der Waals surface area contributed by atoms with Crippen molar-refractivity contribution in [3.05, 3.63) is 53.3 Å². The first-order valence-corrected chi connectivity index (χ1v) is 7.74. The fourth-order valence-electron chi connectivity index (χ4n) is 2.15. The van der Waals surface area contributed by atoms with Crippen molar-refractivity contribution in [2.45, 2.75) is 13.5 Å². The zero-order valence-corrected chi connectivity index (χ0v) is 14.7. The molecule has 0 saturated carbocycles. The highest BCUT2D eigenvalue weighted by molar-refractivity contribution is 5.94. The molecule has 138 valence electrons. The fourth-order valence-corrected chi connectivity index (χ4v) is 2.15. The number of halogens is 1. The predicted octanol–water partition coefficient (Wildman–Crippen LogP) is 3.17. The SMILES string of the molecule is COc1ccc(COC(=O)COc2ccc(C(C)=O)cc2OC)cc1F. The number of rotatable bonds is 8. The second kappa shape index (κ2) is 8.84. The summed E-state index contributed by atoms with van der Waals surface area (Å²) in [5.74, 6) is -0.510. The Bertz CT molecular complexity index is 803. The average molecular weight is 362 g/mol. The molecule has 7 heteroatoms. The number of methoxy groups -OCH3 is 2. The lowest BCUT2D eigenvalue weighted by atomic mass is 10.1. The maximum Gasteiger partial charge on any atom is 0.344 e. The number of hydrogen-bond donors (Lipinski definition) is 0. The van der Waals surface area contributed by atoms with Crippen LogP contribution in [0.25, 0.3) is 0 Å². The normalized spacial score (nSPS) is 10.2. The molecular weight excluding hydrogens is 343 g/mol. The van der Waals surface area contributed by atoms with Crippen molar-refractivity contribution in [1.82, 2.24) is 0 Å². The molecule has 0 atom stereocenters. The quantitative estimate of drug-likeness (QED) is 0.531. The van der Waals surface area contributed by atoms with Crippen LogP contribution in [0.15, 0.2) is 36.4 Å². The molecule has 0 N–H and O–H groups in total. The van der Waals surface area contributed by atoms with Crippen LogP contribution in [-0.4, -0.2) is 32.6 Å². The van der Waals surface area contributed by atoms with Gasteiger partial charge < -0.3 is 18.9 Å². The van der Waals surface area contributed by atoms with Crippen LogP contribution < -0.4 is 14.2 Å². The lowest BCUT2D eigenvalue weighted by Gasteiger charge is -2.11. The minimum Gasteiger partial charge on any atom is -0.494 e. The van der Waals surface area contributed by atoms with Crippen molar-refractivity contribution in [2.24, 2.45) is 0 Å². The Labute approximate surface area is 150 Å². The van der Waals surface area contributed by atoms with E-state index in [2.05, 4.69) is 0 Å². The topological polar surface area (TPSA) is 71.1 Å². The number of carbonyl (C=O) groups excluding carboxylic acids is 2. The summed E-state index contributed by atoms with van der Waals surface area (Å²) >= 11 is 0. The van der Waals surface area contributed by atoms with Crippen molar-refractivity contribution in [3.8, 4) is 17.2 Å². The van der Waals surface area contributed by atoms with Crippen molar-refractivity contribution >= 4 is 11.8 Å². The molecule has 0 unspecified atom stereocenters. The van der Waals surface area contributed by atoms with Gasteiger partial charge in [0.1, 0.15) is 6.61 Å². The van der Waals surface area contributed by atoms with Crippen LogP contribution >= 0.6 is 0 Å². The molecule has 2 aromatic rings. The first-order chi connectivity index (χ1) is 12.4. The van der Waals surface area contributed by atoms with E-state index >= 15 is 0 Å². The summed E-state index contributed by atoms with van der Waals surface area (Å²) in [6.45, 7) is 0.993. The van der Waals surface area contributed by atoms with E-state index in [1.807, 2.05) is 0 Å². The van der Waals surface area contributed by atoms with Crippen molar-refractivity contribution in [1.29, 1.82) is 0 Å². The van der Waals surface area contributed by atoms with Crippen molar-refractivity contribution in [3.63, 3.8) is 0 Å². The Morgan fingerprint density at radius 1 is 0.962 bits per heavy atom. The zero-order valence-electron chi connectivity index (χ0n) is 14.7. The molecule has 0 spiro atoms. The van der Waals surface area contributed by atoms with Gasteiger partial charge in [0, 0.05) is 5.56 Å². The van der Waals surface area contributed by atoms with Gasteiger partial charge in [0.15, 0.2) is 35.5 Å². The highest BCUT2D eigenvalue weighted by atomic mass is 19.1. The Morgan fingerprint density at radius 3 is 2.27 bits per heavy atom. The standard InChI is InChI=1S/C19H19FO6/c1-12(21)14-5-7-17(18(9-14)24-3)25-11-19(22)26-10-13-4-6-16(23-2)15(20)8-13/h4-9H,10-11H2,1-3H3. The van der Waals surface area contributed by atoms with Gasteiger partial charge in [0.2, 0.25) is 0 Å². The number of esters is 1. The summed E-state index contributed by atoms with van der Waals surface area (Å²) in [5, 5.41) is 0. The summed E-state index contributed by atoms with van der Waals surface area (Å²) in [6, 6.07) is 8.93. The number of Topliss-reactive ketones (excluding diaryl/α,β-unsaturated/α-hetero) is 1. The molecule has 0 aliphatic rings. The summed E-state index contributed by atoms with van der Waals surface area (Å²) < 4.78 is 34.0. The highest BCUT2D eigenvalue weighted by Gasteiger charge is 2.12. The van der Waals surface area contributed by atoms with Gasteiger partial charge in [-0.1, -0.05) is 6.07 Å².